The van der Waals surface area contributed by atoms with Crippen LogP contribution in [0.5, 0.6) is 23.0 Å². The van der Waals surface area contributed by atoms with Crippen LogP contribution < -0.4 is 18.9 Å². The van der Waals surface area contributed by atoms with Gasteiger partial charge in [0, 0.05) is 23.0 Å². The van der Waals surface area contributed by atoms with E-state index in [2.05, 4.69) is 54.6 Å². The summed E-state index contributed by atoms with van der Waals surface area (Å²) < 4.78 is 23.7. The molecule has 0 saturated heterocycles. The fourth-order valence-electron chi connectivity index (χ4n) is 6.62. The first kappa shape index (κ1) is 37.4. The number of hydrogen-bond donors (Lipinski definition) is 4. The smallest absolute Gasteiger partial charge is 0.123 e. The molecule has 0 saturated carbocycles. The number of aliphatic hydroxyl groups is 4. The van der Waals surface area contributed by atoms with Crippen molar-refractivity contribution in [3.05, 3.63) is 156 Å². The highest BCUT2D eigenvalue weighted by molar-refractivity contribution is 5.71. The molecular formula is C45H46O8. The van der Waals surface area contributed by atoms with Crippen LogP contribution in [0.1, 0.15) is 34.9 Å². The lowest BCUT2D eigenvalue weighted by molar-refractivity contribution is 0.198. The van der Waals surface area contributed by atoms with Crippen molar-refractivity contribution in [3.63, 3.8) is 0 Å². The van der Waals surface area contributed by atoms with Gasteiger partial charge in [-0.3, -0.25) is 0 Å². The summed E-state index contributed by atoms with van der Waals surface area (Å²) >= 11 is 0. The number of allylic oxidation sites excluding steroid dienone is 4. The molecule has 1 aliphatic carbocycles. The molecule has 0 fully saturated rings. The van der Waals surface area contributed by atoms with Crippen LogP contribution in [0.2, 0.25) is 0 Å². The zero-order chi connectivity index (χ0) is 36.8. The van der Waals surface area contributed by atoms with E-state index in [0.717, 1.165) is 45.4 Å². The summed E-state index contributed by atoms with van der Waals surface area (Å²) in [5.41, 5.74) is 7.97. The molecule has 0 radical (unpaired) electrons. The summed E-state index contributed by atoms with van der Waals surface area (Å²) in [6.07, 6.45) is 7.53. The third-order valence-electron chi connectivity index (χ3n) is 9.12. The molecule has 0 amide bonds. The van der Waals surface area contributed by atoms with Crippen LogP contribution in [-0.2, 0) is 0 Å². The Morgan fingerprint density at radius 2 is 0.962 bits per heavy atom. The molecule has 0 bridgehead atoms. The summed E-state index contributed by atoms with van der Waals surface area (Å²) in [5.74, 6) is 2.49. The van der Waals surface area contributed by atoms with Gasteiger partial charge in [-0.1, -0.05) is 85.0 Å². The molecule has 8 nitrogen and oxygen atoms in total. The van der Waals surface area contributed by atoms with E-state index in [9.17, 15) is 20.4 Å². The quantitative estimate of drug-likeness (QED) is 0.0747. The van der Waals surface area contributed by atoms with Gasteiger partial charge in [-0.25, -0.2) is 0 Å². The first-order valence-electron chi connectivity index (χ1n) is 18.0. The second-order valence-electron chi connectivity index (χ2n) is 12.6. The Bertz CT molecular complexity index is 1840. The maximum atomic E-state index is 9.81. The van der Waals surface area contributed by atoms with E-state index in [1.807, 2.05) is 78.9 Å². The van der Waals surface area contributed by atoms with Crippen molar-refractivity contribution in [2.24, 2.45) is 0 Å². The molecule has 8 heteroatoms. The number of benzene rings is 5. The van der Waals surface area contributed by atoms with Crippen LogP contribution in [0.3, 0.4) is 0 Å². The van der Waals surface area contributed by atoms with E-state index in [4.69, 9.17) is 18.9 Å². The molecule has 1 unspecified atom stereocenters. The molecule has 0 heterocycles. The van der Waals surface area contributed by atoms with Crippen molar-refractivity contribution in [2.45, 2.75) is 18.3 Å². The van der Waals surface area contributed by atoms with Crippen LogP contribution in [0.15, 0.2) is 139 Å². The van der Waals surface area contributed by atoms with Gasteiger partial charge in [-0.2, -0.15) is 0 Å². The fourth-order valence-corrected chi connectivity index (χ4v) is 6.62. The minimum atomic E-state index is -0.357. The molecule has 1 aliphatic rings. The van der Waals surface area contributed by atoms with E-state index in [0.29, 0.717) is 23.0 Å². The zero-order valence-corrected chi connectivity index (χ0v) is 29.6. The van der Waals surface area contributed by atoms with Gasteiger partial charge in [0.1, 0.15) is 49.4 Å². The minimum Gasteiger partial charge on any atom is -0.491 e. The molecule has 274 valence electrons. The van der Waals surface area contributed by atoms with Crippen LogP contribution in [0.25, 0.3) is 22.3 Å². The summed E-state index contributed by atoms with van der Waals surface area (Å²) in [4.78, 5) is 0. The van der Waals surface area contributed by atoms with Crippen molar-refractivity contribution < 1.29 is 39.4 Å². The van der Waals surface area contributed by atoms with E-state index < -0.39 is 0 Å². The highest BCUT2D eigenvalue weighted by Gasteiger charge is 2.28. The summed E-state index contributed by atoms with van der Waals surface area (Å²) in [6, 6.07) is 38.2. The lowest BCUT2D eigenvalue weighted by Crippen LogP contribution is -2.13. The van der Waals surface area contributed by atoms with Gasteiger partial charge in [0.05, 0.1) is 26.4 Å². The van der Waals surface area contributed by atoms with E-state index >= 15 is 0 Å². The van der Waals surface area contributed by atoms with Crippen LogP contribution >= 0.6 is 0 Å². The van der Waals surface area contributed by atoms with Gasteiger partial charge in [0.2, 0.25) is 0 Å². The largest absolute Gasteiger partial charge is 0.491 e. The topological polar surface area (TPSA) is 118 Å². The Hall–Kier alpha value is -5.38. The van der Waals surface area contributed by atoms with E-state index in [1.54, 1.807) is 0 Å². The van der Waals surface area contributed by atoms with Crippen LogP contribution in [0, 0.1) is 0 Å². The molecule has 0 spiro atoms. The van der Waals surface area contributed by atoms with E-state index in [-0.39, 0.29) is 64.7 Å². The number of aliphatic hydroxyl groups excluding tert-OH is 4. The number of hydrogen-bond acceptors (Lipinski definition) is 8. The Morgan fingerprint density at radius 3 is 1.40 bits per heavy atom. The molecule has 5 aromatic rings. The van der Waals surface area contributed by atoms with Crippen molar-refractivity contribution in [2.75, 3.05) is 52.9 Å². The van der Waals surface area contributed by atoms with Gasteiger partial charge in [0.15, 0.2) is 0 Å². The Morgan fingerprint density at radius 1 is 0.509 bits per heavy atom. The molecule has 0 aliphatic heterocycles. The molecule has 5 aromatic carbocycles. The third kappa shape index (κ3) is 9.54. The molecular weight excluding hydrogens is 668 g/mol. The first-order chi connectivity index (χ1) is 26.1. The summed E-state index contributed by atoms with van der Waals surface area (Å²) in [7, 11) is 0. The maximum absolute atomic E-state index is 9.81. The Balaban J connectivity index is 1.50. The number of ether oxygens (including phenoxy) is 4. The SMILES string of the molecule is OCCOc1ccc(-c2ccc(OCCO)c(C(C3=CCC(c4ccccc4)C=C3)c3cc(-c4ccc(OCCO)cc4)ccc3OCCO)c2)cc1. The maximum Gasteiger partial charge on any atom is 0.123 e. The molecule has 0 aromatic heterocycles. The lowest BCUT2D eigenvalue weighted by Gasteiger charge is -2.28. The van der Waals surface area contributed by atoms with Crippen molar-refractivity contribution in [3.8, 4) is 45.3 Å². The van der Waals surface area contributed by atoms with Gasteiger partial charge in [-0.15, -0.1) is 0 Å². The Labute approximate surface area is 310 Å². The van der Waals surface area contributed by atoms with Gasteiger partial charge in [0.25, 0.3) is 0 Å². The van der Waals surface area contributed by atoms with Crippen molar-refractivity contribution in [1.82, 2.24) is 0 Å². The standard InChI is InChI=1S/C45H46O8/c46-22-26-50-39-16-10-34(11-17-39)37-14-20-43(52-28-24-48)41(30-37)45(36-8-6-33(7-9-36)32-4-2-1-3-5-32)42-31-38(15-21-44(42)53-29-25-49)35-12-18-40(19-13-35)51-27-23-47/h1-6,8-21,30-31,33,45-49H,7,22-29H2. The predicted molar refractivity (Wildman–Crippen MR) is 207 cm³/mol. The molecule has 1 atom stereocenters. The van der Waals surface area contributed by atoms with E-state index in [1.165, 1.54) is 5.56 Å². The average Bonchev–Trinajstić information content (AvgIpc) is 3.22. The van der Waals surface area contributed by atoms with Gasteiger partial charge < -0.3 is 39.4 Å². The summed E-state index contributed by atoms with van der Waals surface area (Å²) in [5, 5.41) is 38.0. The van der Waals surface area contributed by atoms with Crippen LogP contribution in [-0.4, -0.2) is 73.3 Å². The first-order valence-corrected chi connectivity index (χ1v) is 18.0. The monoisotopic (exact) mass is 714 g/mol. The average molecular weight is 715 g/mol. The Kier molecular flexibility index (Phi) is 13.3. The fraction of sp³-hybridized carbons (Fsp3) is 0.244. The second kappa shape index (κ2) is 18.9. The molecule has 6 rings (SSSR count). The highest BCUT2D eigenvalue weighted by Crippen LogP contribution is 2.46. The minimum absolute atomic E-state index is 0.0618. The third-order valence-corrected chi connectivity index (χ3v) is 9.12. The van der Waals surface area contributed by atoms with Crippen molar-refractivity contribution >= 4 is 0 Å². The van der Waals surface area contributed by atoms with Gasteiger partial charge in [-0.05, 0) is 88.3 Å². The van der Waals surface area contributed by atoms with Crippen LogP contribution in [0.4, 0.5) is 0 Å². The summed E-state index contributed by atoms with van der Waals surface area (Å²) in [6.45, 7) is 0.288. The second-order valence-corrected chi connectivity index (χ2v) is 12.6. The normalized spacial score (nSPS) is 13.8. The number of rotatable bonds is 18. The zero-order valence-electron chi connectivity index (χ0n) is 29.6. The molecule has 4 N–H and O–H groups in total. The lowest BCUT2D eigenvalue weighted by atomic mass is 9.78. The predicted octanol–water partition coefficient (Wildman–Crippen LogP) is 7.31. The van der Waals surface area contributed by atoms with Gasteiger partial charge >= 0.3 is 0 Å². The highest BCUT2D eigenvalue weighted by atomic mass is 16.5. The molecule has 53 heavy (non-hydrogen) atoms. The van der Waals surface area contributed by atoms with Crippen molar-refractivity contribution in [1.29, 1.82) is 0 Å².